The van der Waals surface area contributed by atoms with Gasteiger partial charge in [-0.05, 0) is 105 Å². The van der Waals surface area contributed by atoms with Gasteiger partial charge in [-0.2, -0.15) is 13.2 Å². The minimum Gasteiger partial charge on any atom is -0.497 e. The molecule has 0 heterocycles. The van der Waals surface area contributed by atoms with Crippen LogP contribution >= 0.6 is 0 Å². The van der Waals surface area contributed by atoms with Gasteiger partial charge >= 0.3 is 12.2 Å². The first-order valence-corrected chi connectivity index (χ1v) is 18.3. The van der Waals surface area contributed by atoms with Gasteiger partial charge in [0.1, 0.15) is 5.75 Å². The van der Waals surface area contributed by atoms with Crippen molar-refractivity contribution < 1.29 is 37.7 Å². The van der Waals surface area contributed by atoms with Crippen molar-refractivity contribution >= 4 is 17.5 Å². The number of amides is 2. The van der Waals surface area contributed by atoms with Crippen molar-refractivity contribution in [3.8, 4) is 5.75 Å². The molecule has 51 heavy (non-hydrogen) atoms. The van der Waals surface area contributed by atoms with Crippen LogP contribution in [0.5, 0.6) is 5.75 Å². The lowest BCUT2D eigenvalue weighted by Crippen LogP contribution is -2.67. The smallest absolute Gasteiger partial charge is 0.416 e. The van der Waals surface area contributed by atoms with Crippen LogP contribution in [0.25, 0.3) is 0 Å². The zero-order chi connectivity index (χ0) is 36.6. The fourth-order valence-electron chi connectivity index (χ4n) is 11.3. The van der Waals surface area contributed by atoms with Crippen LogP contribution in [0.2, 0.25) is 0 Å². The number of allylic oxidation sites excluding steroid dienone is 4. The summed E-state index contributed by atoms with van der Waals surface area (Å²) in [4.78, 5) is 30.1. The maximum absolute atomic E-state index is 14.7. The van der Waals surface area contributed by atoms with Gasteiger partial charge in [0.05, 0.1) is 30.9 Å². The number of anilines is 1. The van der Waals surface area contributed by atoms with E-state index in [1.807, 2.05) is 13.0 Å². The van der Waals surface area contributed by atoms with Gasteiger partial charge in [-0.1, -0.05) is 51.1 Å². The molecule has 0 saturated heterocycles. The van der Waals surface area contributed by atoms with Crippen LogP contribution in [0.15, 0.2) is 72.3 Å². The van der Waals surface area contributed by atoms with E-state index in [-0.39, 0.29) is 35.4 Å². The Balaban J connectivity index is 1.27. The molecular formula is C41H49F3N2O5. The standard InChI is InChI=1S/C41H49F3N2O5/c1-5-21-46(35(49)45-28-9-11-30(51-4)12-10-28)25-39(50)18-15-33-37(39,3)17-14-32-36(2)16-13-29(47)23-38(36)19-20-40(32,33)31(24-38)34(48)26-7-6-8-27(22-26)41(42,43)44/h6-12,19-20,22,24,29,32-33,47,50H,5,13-18,21,23,25H2,1-4H3,(H,45,49)/t29?,32-,33-,36-,37+,38+,39-,40-/m1/s1. The fourth-order valence-corrected chi connectivity index (χ4v) is 11.3. The first kappa shape index (κ1) is 35.8. The van der Waals surface area contributed by atoms with Crippen LogP contribution in [0.1, 0.15) is 88.1 Å². The maximum Gasteiger partial charge on any atom is 0.416 e. The van der Waals surface area contributed by atoms with Crippen LogP contribution in [-0.4, -0.2) is 58.8 Å². The van der Waals surface area contributed by atoms with E-state index in [1.54, 1.807) is 36.3 Å². The van der Waals surface area contributed by atoms with Gasteiger partial charge in [0, 0.05) is 39.6 Å². The Bertz CT molecular complexity index is 1770. The van der Waals surface area contributed by atoms with Crippen LogP contribution in [0.3, 0.4) is 0 Å². The highest BCUT2D eigenvalue weighted by molar-refractivity contribution is 6.10. The fraction of sp³-hybridized carbons (Fsp3) is 0.561. The lowest BCUT2D eigenvalue weighted by Gasteiger charge is -2.71. The Kier molecular flexibility index (Phi) is 8.57. The van der Waals surface area contributed by atoms with Crippen LogP contribution in [0, 0.1) is 33.5 Å². The Morgan fingerprint density at radius 2 is 1.67 bits per heavy atom. The molecule has 3 saturated carbocycles. The number of rotatable bonds is 8. The Hall–Kier alpha value is -3.63. The molecule has 2 bridgehead atoms. The molecule has 2 spiro atoms. The SMILES string of the molecule is CCCN(C[C@]1(O)CC[C@H]2[C@]34C=C[C@@]5(C=C3C(=O)c3cccc(C(F)(F)F)c3)CC(O)CC[C@]5(C)[C@H]4CC[C@@]21C)C(=O)Nc1ccc(OC)cc1. The molecule has 1 unspecified atom stereocenters. The molecular weight excluding hydrogens is 657 g/mol. The second-order valence-electron chi connectivity index (χ2n) is 16.3. The molecule has 0 radical (unpaired) electrons. The molecule has 2 aromatic rings. The summed E-state index contributed by atoms with van der Waals surface area (Å²) in [6, 6.07) is 11.4. The number of urea groups is 1. The van der Waals surface area contributed by atoms with Gasteiger partial charge in [0.2, 0.25) is 0 Å². The predicted octanol–water partition coefficient (Wildman–Crippen LogP) is 8.43. The number of ether oxygens (including phenoxy) is 1. The van der Waals surface area contributed by atoms with Gasteiger partial charge in [-0.25, -0.2) is 4.79 Å². The molecule has 274 valence electrons. The highest BCUT2D eigenvalue weighted by atomic mass is 19.4. The van der Waals surface area contributed by atoms with Crippen molar-refractivity contribution in [3.63, 3.8) is 0 Å². The average Bonchev–Trinajstić information content (AvgIpc) is 3.37. The Labute approximate surface area is 297 Å². The number of carbonyl (C=O) groups is 2. The number of ketones is 1. The maximum atomic E-state index is 14.7. The highest BCUT2D eigenvalue weighted by Gasteiger charge is 2.74. The molecule has 0 aliphatic heterocycles. The van der Waals surface area contributed by atoms with Gasteiger partial charge in [0.25, 0.3) is 0 Å². The summed E-state index contributed by atoms with van der Waals surface area (Å²) in [5.41, 5.74) is -3.50. The van der Waals surface area contributed by atoms with E-state index in [1.165, 1.54) is 12.1 Å². The number of nitrogens with zero attached hydrogens (tertiary/aromatic N) is 1. The second kappa shape index (κ2) is 12.2. The monoisotopic (exact) mass is 706 g/mol. The third-order valence-corrected chi connectivity index (χ3v) is 14.0. The van der Waals surface area contributed by atoms with Crippen molar-refractivity contribution in [1.82, 2.24) is 4.90 Å². The van der Waals surface area contributed by atoms with Crippen molar-refractivity contribution in [2.75, 3.05) is 25.5 Å². The van der Waals surface area contributed by atoms with Gasteiger partial charge in [-0.3, -0.25) is 4.79 Å². The minimum absolute atomic E-state index is 0.00975. The number of halogens is 3. The van der Waals surface area contributed by atoms with E-state index in [9.17, 15) is 33.0 Å². The highest BCUT2D eigenvalue weighted by Crippen LogP contribution is 2.78. The van der Waals surface area contributed by atoms with E-state index < -0.39 is 45.5 Å². The van der Waals surface area contributed by atoms with E-state index in [4.69, 9.17) is 4.74 Å². The van der Waals surface area contributed by atoms with E-state index >= 15 is 0 Å². The van der Waals surface area contributed by atoms with Crippen LogP contribution in [0.4, 0.5) is 23.7 Å². The summed E-state index contributed by atoms with van der Waals surface area (Å²) in [5.74, 6) is 0.0227. The number of benzene rings is 2. The number of fused-ring (bicyclic) bond motifs is 1. The van der Waals surface area contributed by atoms with Crippen LogP contribution < -0.4 is 10.1 Å². The Morgan fingerprint density at radius 1 is 0.980 bits per heavy atom. The predicted molar refractivity (Wildman–Crippen MR) is 188 cm³/mol. The Morgan fingerprint density at radius 3 is 2.35 bits per heavy atom. The zero-order valence-corrected chi connectivity index (χ0v) is 29.9. The third kappa shape index (κ3) is 5.29. The van der Waals surface area contributed by atoms with Crippen molar-refractivity contribution in [3.05, 3.63) is 83.5 Å². The molecule has 0 aromatic heterocycles. The number of carbonyl (C=O) groups excluding carboxylic acids is 2. The molecule has 3 N–H and O–H groups in total. The summed E-state index contributed by atoms with van der Waals surface area (Å²) >= 11 is 0. The summed E-state index contributed by atoms with van der Waals surface area (Å²) in [5, 5.41) is 26.7. The molecule has 8 rings (SSSR count). The molecule has 2 amide bonds. The number of aliphatic hydroxyl groups excluding tert-OH is 1. The second-order valence-corrected chi connectivity index (χ2v) is 16.3. The van der Waals surface area contributed by atoms with E-state index in [0.717, 1.165) is 18.6 Å². The number of alkyl halides is 3. The number of aliphatic hydroxyl groups is 2. The summed E-state index contributed by atoms with van der Waals surface area (Å²) < 4.78 is 46.8. The number of hydrogen-bond donors (Lipinski definition) is 3. The van der Waals surface area contributed by atoms with Gasteiger partial charge < -0.3 is 25.2 Å². The minimum atomic E-state index is -4.60. The largest absolute Gasteiger partial charge is 0.497 e. The molecule has 6 aliphatic carbocycles. The molecule has 2 aromatic carbocycles. The molecule has 3 fully saturated rings. The summed E-state index contributed by atoms with van der Waals surface area (Å²) in [7, 11) is 1.58. The topological polar surface area (TPSA) is 99.1 Å². The molecule has 8 atom stereocenters. The van der Waals surface area contributed by atoms with Crippen molar-refractivity contribution in [2.24, 2.45) is 33.5 Å². The molecule has 6 aliphatic rings. The van der Waals surface area contributed by atoms with E-state index in [2.05, 4.69) is 31.3 Å². The van der Waals surface area contributed by atoms with Gasteiger partial charge in [-0.15, -0.1) is 0 Å². The lowest BCUT2D eigenvalue weighted by atomic mass is 9.32. The number of methoxy groups -OCH3 is 1. The zero-order valence-electron chi connectivity index (χ0n) is 29.9. The molecule has 7 nitrogen and oxygen atoms in total. The summed E-state index contributed by atoms with van der Waals surface area (Å²) in [6.45, 7) is 6.88. The average molecular weight is 707 g/mol. The molecule has 10 heteroatoms. The first-order valence-electron chi connectivity index (χ1n) is 18.3. The first-order chi connectivity index (χ1) is 24.1. The number of Topliss-reactive ketones (excluding diaryl/α,β-unsaturated/α-hetero) is 1. The number of nitrogens with one attached hydrogen (secondary N) is 1. The third-order valence-electron chi connectivity index (χ3n) is 14.0. The van der Waals surface area contributed by atoms with Crippen molar-refractivity contribution in [2.45, 2.75) is 90.0 Å². The summed E-state index contributed by atoms with van der Waals surface area (Å²) in [6.07, 6.45) is 6.09. The number of hydrogen-bond acceptors (Lipinski definition) is 5. The van der Waals surface area contributed by atoms with E-state index in [0.29, 0.717) is 68.5 Å². The van der Waals surface area contributed by atoms with Crippen molar-refractivity contribution in [1.29, 1.82) is 0 Å². The van der Waals surface area contributed by atoms with Crippen LogP contribution in [-0.2, 0) is 6.18 Å². The van der Waals surface area contributed by atoms with Gasteiger partial charge in [0.15, 0.2) is 5.78 Å². The lowest BCUT2D eigenvalue weighted by molar-refractivity contribution is -0.174. The normalized spacial score (nSPS) is 36.4. The quantitative estimate of drug-likeness (QED) is 0.189.